The van der Waals surface area contributed by atoms with E-state index >= 15 is 4.39 Å². The van der Waals surface area contributed by atoms with E-state index in [0.717, 1.165) is 34.8 Å². The van der Waals surface area contributed by atoms with E-state index in [1.54, 1.807) is 49.9 Å². The van der Waals surface area contributed by atoms with Crippen LogP contribution >= 0.6 is 0 Å². The van der Waals surface area contributed by atoms with E-state index in [9.17, 15) is 0 Å². The molecule has 1 aliphatic rings. The number of pyridine rings is 2. The quantitative estimate of drug-likeness (QED) is 0.270. The van der Waals surface area contributed by atoms with E-state index in [4.69, 9.17) is 24.2 Å². The lowest BCUT2D eigenvalue weighted by molar-refractivity contribution is 0.0548. The van der Waals surface area contributed by atoms with E-state index < -0.39 is 0 Å². The van der Waals surface area contributed by atoms with E-state index in [1.807, 2.05) is 30.3 Å². The molecule has 13 heteroatoms. The molecule has 1 aliphatic heterocycles. The average Bonchev–Trinajstić information content (AvgIpc) is 3.70. The molecule has 6 heterocycles. The zero-order chi connectivity index (χ0) is 29.7. The maximum Gasteiger partial charge on any atom is 0.262 e. The van der Waals surface area contributed by atoms with Gasteiger partial charge in [-0.3, -0.25) is 4.98 Å². The van der Waals surface area contributed by atoms with E-state index in [2.05, 4.69) is 25.2 Å². The number of ether oxygens (including phenoxy) is 3. The maximum absolute atomic E-state index is 15.7. The molecule has 1 atom stereocenters. The maximum atomic E-state index is 15.7. The van der Waals surface area contributed by atoms with Crippen molar-refractivity contribution in [3.63, 3.8) is 0 Å². The number of nitrogens with zero attached hydrogens (tertiary/aromatic N) is 9. The van der Waals surface area contributed by atoms with Gasteiger partial charge in [0, 0.05) is 50.0 Å². The van der Waals surface area contributed by atoms with Crippen LogP contribution in [0.15, 0.2) is 48.7 Å². The Bertz CT molecular complexity index is 1850. The Labute approximate surface area is 246 Å². The van der Waals surface area contributed by atoms with Gasteiger partial charge in [0.1, 0.15) is 17.2 Å². The zero-order valence-electron chi connectivity index (χ0n) is 24.2. The summed E-state index contributed by atoms with van der Waals surface area (Å²) in [6.07, 6.45) is 3.32. The number of benzene rings is 1. The highest BCUT2D eigenvalue weighted by atomic mass is 19.1. The summed E-state index contributed by atoms with van der Waals surface area (Å²) in [6, 6.07) is 12.5. The van der Waals surface area contributed by atoms with Crippen LogP contribution in [0, 0.1) is 11.7 Å². The van der Waals surface area contributed by atoms with Crippen LogP contribution in [0.3, 0.4) is 0 Å². The third-order valence-electron chi connectivity index (χ3n) is 8.19. The molecule has 0 N–H and O–H groups in total. The second-order valence-electron chi connectivity index (χ2n) is 10.6. The molecular weight excluding hydrogens is 553 g/mol. The molecule has 1 fully saturated rings. The van der Waals surface area contributed by atoms with Gasteiger partial charge in [-0.25, -0.2) is 18.7 Å². The lowest BCUT2D eigenvalue weighted by atomic mass is 9.86. The van der Waals surface area contributed by atoms with Crippen molar-refractivity contribution in [2.24, 2.45) is 20.0 Å². The first-order chi connectivity index (χ1) is 21.0. The number of hydrogen-bond donors (Lipinski definition) is 0. The first-order valence-corrected chi connectivity index (χ1v) is 14.0. The highest BCUT2D eigenvalue weighted by Crippen LogP contribution is 2.42. The monoisotopic (exact) mass is 583 g/mol. The summed E-state index contributed by atoms with van der Waals surface area (Å²) < 4.78 is 37.9. The van der Waals surface area contributed by atoms with Gasteiger partial charge in [-0.2, -0.15) is 0 Å². The van der Waals surface area contributed by atoms with Gasteiger partial charge >= 0.3 is 0 Å². The fourth-order valence-corrected chi connectivity index (χ4v) is 6.21. The lowest BCUT2D eigenvalue weighted by Gasteiger charge is -2.33. The molecule has 0 saturated carbocycles. The Kier molecular flexibility index (Phi) is 6.73. The van der Waals surface area contributed by atoms with Gasteiger partial charge < -0.3 is 18.8 Å². The Morgan fingerprint density at radius 3 is 2.35 bits per heavy atom. The van der Waals surface area contributed by atoms with Gasteiger partial charge in [0.2, 0.25) is 0 Å². The van der Waals surface area contributed by atoms with Crippen molar-refractivity contribution in [3.8, 4) is 34.4 Å². The molecule has 0 aliphatic carbocycles. The summed E-state index contributed by atoms with van der Waals surface area (Å²) in [4.78, 5) is 10.1. The van der Waals surface area contributed by atoms with Crippen molar-refractivity contribution in [2.45, 2.75) is 18.9 Å². The van der Waals surface area contributed by atoms with Crippen LogP contribution in [0.2, 0.25) is 0 Å². The summed E-state index contributed by atoms with van der Waals surface area (Å²) in [5, 5.41) is 17.4. The van der Waals surface area contributed by atoms with Crippen molar-refractivity contribution in [1.82, 2.24) is 44.5 Å². The van der Waals surface area contributed by atoms with Crippen LogP contribution < -0.4 is 9.47 Å². The van der Waals surface area contributed by atoms with Gasteiger partial charge in [0.05, 0.1) is 37.0 Å². The van der Waals surface area contributed by atoms with Gasteiger partial charge in [0.15, 0.2) is 5.69 Å². The summed E-state index contributed by atoms with van der Waals surface area (Å²) in [5.74, 6) is 0.560. The van der Waals surface area contributed by atoms with Crippen molar-refractivity contribution in [1.29, 1.82) is 0 Å². The van der Waals surface area contributed by atoms with Crippen LogP contribution in [0.4, 0.5) is 4.39 Å². The Morgan fingerprint density at radius 1 is 0.930 bits per heavy atom. The Morgan fingerprint density at radius 2 is 1.63 bits per heavy atom. The predicted molar refractivity (Wildman–Crippen MR) is 156 cm³/mol. The molecule has 0 bridgehead atoms. The molecule has 220 valence electrons. The minimum absolute atomic E-state index is 0.0828. The first-order valence-electron chi connectivity index (χ1n) is 14.0. The van der Waals surface area contributed by atoms with Crippen molar-refractivity contribution >= 4 is 22.1 Å². The molecule has 1 aromatic carbocycles. The molecule has 0 unspecified atom stereocenters. The number of rotatable bonds is 7. The van der Waals surface area contributed by atoms with E-state index in [1.165, 1.54) is 6.07 Å². The molecule has 5 aromatic heterocycles. The minimum atomic E-state index is -0.386. The highest BCUT2D eigenvalue weighted by Gasteiger charge is 2.33. The summed E-state index contributed by atoms with van der Waals surface area (Å²) >= 11 is 0. The van der Waals surface area contributed by atoms with Gasteiger partial charge in [-0.05, 0) is 43.0 Å². The van der Waals surface area contributed by atoms with Gasteiger partial charge in [-0.15, -0.1) is 0 Å². The summed E-state index contributed by atoms with van der Waals surface area (Å²) in [5.41, 5.74) is 5.50. The lowest BCUT2D eigenvalue weighted by Crippen LogP contribution is -2.27. The van der Waals surface area contributed by atoms with Gasteiger partial charge in [-0.1, -0.05) is 38.8 Å². The predicted octanol–water partition coefficient (Wildman–Crippen LogP) is 4.35. The van der Waals surface area contributed by atoms with Crippen molar-refractivity contribution < 1.29 is 18.6 Å². The zero-order valence-corrected chi connectivity index (χ0v) is 24.2. The average molecular weight is 584 g/mol. The number of aryl methyl sites for hydroxylation is 2. The second kappa shape index (κ2) is 10.7. The first kappa shape index (κ1) is 27.0. The number of fused-ring (bicyclic) bond motifs is 3. The Balaban J connectivity index is 1.57. The van der Waals surface area contributed by atoms with Crippen LogP contribution in [0.25, 0.3) is 44.7 Å². The normalized spacial score (nSPS) is 14.9. The van der Waals surface area contributed by atoms with E-state index in [-0.39, 0.29) is 17.8 Å². The van der Waals surface area contributed by atoms with Crippen LogP contribution in [0.5, 0.6) is 11.8 Å². The molecule has 12 nitrogen and oxygen atoms in total. The largest absolute Gasteiger partial charge is 0.478 e. The van der Waals surface area contributed by atoms with Crippen LogP contribution in [-0.2, 0) is 18.8 Å². The third kappa shape index (κ3) is 4.38. The molecule has 6 aromatic rings. The van der Waals surface area contributed by atoms with E-state index in [0.29, 0.717) is 53.3 Å². The van der Waals surface area contributed by atoms with Crippen molar-refractivity contribution in [2.75, 3.05) is 27.4 Å². The molecule has 0 radical (unpaired) electrons. The van der Waals surface area contributed by atoms with Crippen molar-refractivity contribution in [3.05, 3.63) is 60.0 Å². The fraction of sp³-hybridized carbons (Fsp3) is 0.333. The minimum Gasteiger partial charge on any atom is -0.478 e. The third-order valence-corrected chi connectivity index (χ3v) is 8.19. The summed E-state index contributed by atoms with van der Waals surface area (Å²) in [6.45, 7) is 1.20. The smallest absolute Gasteiger partial charge is 0.262 e. The topological polar surface area (TPSA) is 120 Å². The van der Waals surface area contributed by atoms with Crippen LogP contribution in [0.1, 0.15) is 24.4 Å². The Hall–Kier alpha value is -4.91. The second-order valence-corrected chi connectivity index (χ2v) is 10.6. The number of halogens is 1. The van der Waals surface area contributed by atoms with Crippen LogP contribution in [-0.4, -0.2) is 72.0 Å². The SMILES string of the molecule is COc1nnn(C)c1-c1cnc2c3ccc(-c4c(OC)nnn4C)nc3n([C@H](c3ccccc3F)C3CCOCC3)c2c1. The molecular formula is C30H30FN9O3. The molecule has 43 heavy (non-hydrogen) atoms. The number of hydrogen-bond acceptors (Lipinski definition) is 9. The fourth-order valence-electron chi connectivity index (χ4n) is 6.21. The standard InChI is InChI=1S/C30H30FN9O3/c1-38-26(29(41-3)34-36-38)18-15-23-24(32-16-18)20-9-10-22(27-30(42-4)35-37-39(27)2)33-28(20)40(23)25(17-11-13-43-14-12-17)19-7-5-6-8-21(19)31/h5-10,15-17,25H,11-14H2,1-4H3/t25-/m0/s1. The molecule has 0 amide bonds. The number of methoxy groups -OCH3 is 2. The van der Waals surface area contributed by atoms with Gasteiger partial charge in [0.25, 0.3) is 11.8 Å². The molecule has 1 saturated heterocycles. The molecule has 7 rings (SSSR count). The highest BCUT2D eigenvalue weighted by molar-refractivity contribution is 6.06. The molecule has 0 spiro atoms. The summed E-state index contributed by atoms with van der Waals surface area (Å²) in [7, 11) is 6.70. The number of aromatic nitrogens is 9.